The van der Waals surface area contributed by atoms with Gasteiger partial charge in [-0.15, -0.1) is 5.10 Å². The van der Waals surface area contributed by atoms with Gasteiger partial charge in [0.05, 0.1) is 16.3 Å². The van der Waals surface area contributed by atoms with Gasteiger partial charge in [-0.05, 0) is 46.8 Å². The lowest BCUT2D eigenvalue weighted by Gasteiger charge is -2.15. The molecule has 0 bridgehead atoms. The van der Waals surface area contributed by atoms with Crippen LogP contribution in [0.5, 0.6) is 5.75 Å². The van der Waals surface area contributed by atoms with Crippen LogP contribution in [0, 0.1) is 0 Å². The standard InChI is InChI=1S/C15H11ClF3N5O3S/c16-10-4-5-14(27-8-15(17,18)19)13(6-10)21-28(25,26)12-3-1-2-11(7-12)24-9-20-22-23-24/h1-7,9,21H,8H2. The normalized spacial score (nSPS) is 12.0. The Morgan fingerprint density at radius 1 is 1.18 bits per heavy atom. The van der Waals surface area contributed by atoms with E-state index in [0.717, 1.165) is 12.1 Å². The van der Waals surface area contributed by atoms with Gasteiger partial charge in [-0.1, -0.05) is 17.7 Å². The number of hydrogen-bond acceptors (Lipinski definition) is 6. The van der Waals surface area contributed by atoms with Crippen LogP contribution in [0.1, 0.15) is 0 Å². The van der Waals surface area contributed by atoms with Crippen LogP contribution in [0.15, 0.2) is 53.7 Å². The van der Waals surface area contributed by atoms with Gasteiger partial charge in [0.15, 0.2) is 6.61 Å². The molecular weight excluding hydrogens is 423 g/mol. The molecular formula is C15H11ClF3N5O3S. The maximum Gasteiger partial charge on any atom is 0.422 e. The van der Waals surface area contributed by atoms with Crippen LogP contribution in [-0.4, -0.2) is 41.4 Å². The molecule has 0 aliphatic heterocycles. The van der Waals surface area contributed by atoms with Crippen molar-refractivity contribution in [2.45, 2.75) is 11.1 Å². The van der Waals surface area contributed by atoms with Gasteiger partial charge < -0.3 is 4.74 Å². The molecule has 0 unspecified atom stereocenters. The second-order valence-electron chi connectivity index (χ2n) is 5.40. The highest BCUT2D eigenvalue weighted by Crippen LogP contribution is 2.31. The maximum absolute atomic E-state index is 12.7. The van der Waals surface area contributed by atoms with E-state index in [-0.39, 0.29) is 21.4 Å². The molecule has 0 saturated carbocycles. The summed E-state index contributed by atoms with van der Waals surface area (Å²) in [4.78, 5) is -0.165. The minimum absolute atomic E-state index is 0.111. The van der Waals surface area contributed by atoms with E-state index in [2.05, 4.69) is 25.0 Å². The zero-order valence-electron chi connectivity index (χ0n) is 13.8. The second kappa shape index (κ2) is 7.64. The number of aromatic nitrogens is 4. The van der Waals surface area contributed by atoms with Crippen LogP contribution in [0.25, 0.3) is 5.69 Å². The SMILES string of the molecule is O=S(=O)(Nc1cc(Cl)ccc1OCC(F)(F)F)c1cccc(-n2cnnn2)c1. The topological polar surface area (TPSA) is 99.0 Å². The summed E-state index contributed by atoms with van der Waals surface area (Å²) in [6.45, 7) is -1.59. The number of ether oxygens (including phenoxy) is 1. The Labute approximate surface area is 161 Å². The van der Waals surface area contributed by atoms with E-state index in [1.807, 2.05) is 0 Å². The van der Waals surface area contributed by atoms with E-state index in [9.17, 15) is 21.6 Å². The van der Waals surface area contributed by atoms with Gasteiger partial charge in [0.25, 0.3) is 10.0 Å². The van der Waals surface area contributed by atoms with E-state index in [0.29, 0.717) is 5.69 Å². The molecule has 0 saturated heterocycles. The van der Waals surface area contributed by atoms with Gasteiger partial charge in [0.1, 0.15) is 12.1 Å². The van der Waals surface area contributed by atoms with Crippen LogP contribution >= 0.6 is 11.6 Å². The summed E-state index contributed by atoms with van der Waals surface area (Å²) in [7, 11) is -4.17. The van der Waals surface area contributed by atoms with E-state index in [1.54, 1.807) is 6.07 Å². The summed E-state index contributed by atoms with van der Waals surface area (Å²) in [6.07, 6.45) is -3.31. The van der Waals surface area contributed by atoms with Crippen molar-refractivity contribution in [2.75, 3.05) is 11.3 Å². The average molecular weight is 434 g/mol. The lowest BCUT2D eigenvalue weighted by molar-refractivity contribution is -0.153. The van der Waals surface area contributed by atoms with E-state index >= 15 is 0 Å². The highest BCUT2D eigenvalue weighted by atomic mass is 35.5. The van der Waals surface area contributed by atoms with Gasteiger partial charge in [-0.3, -0.25) is 4.72 Å². The van der Waals surface area contributed by atoms with Crippen molar-refractivity contribution in [3.05, 3.63) is 53.8 Å². The number of sulfonamides is 1. The fourth-order valence-corrected chi connectivity index (χ4v) is 3.42. The lowest BCUT2D eigenvalue weighted by Crippen LogP contribution is -2.20. The fraction of sp³-hybridized carbons (Fsp3) is 0.133. The van der Waals surface area contributed by atoms with Gasteiger partial charge in [-0.25, -0.2) is 13.1 Å². The molecule has 8 nitrogen and oxygen atoms in total. The Kier molecular flexibility index (Phi) is 5.42. The molecule has 0 radical (unpaired) electrons. The predicted molar refractivity (Wildman–Crippen MR) is 93.0 cm³/mol. The van der Waals surface area contributed by atoms with Crippen LogP contribution in [0.4, 0.5) is 18.9 Å². The molecule has 1 heterocycles. The summed E-state index contributed by atoms with van der Waals surface area (Å²) < 4.78 is 70.8. The monoisotopic (exact) mass is 433 g/mol. The Bertz CT molecular complexity index is 1070. The summed E-state index contributed by atoms with van der Waals surface area (Å²) in [5, 5.41) is 10.7. The van der Waals surface area contributed by atoms with Crippen molar-refractivity contribution in [1.82, 2.24) is 20.2 Å². The van der Waals surface area contributed by atoms with Gasteiger partial charge in [0, 0.05) is 5.02 Å². The van der Waals surface area contributed by atoms with Crippen molar-refractivity contribution in [2.24, 2.45) is 0 Å². The number of nitrogens with one attached hydrogen (secondary N) is 1. The van der Waals surface area contributed by atoms with Gasteiger partial charge >= 0.3 is 6.18 Å². The molecule has 1 N–H and O–H groups in total. The molecule has 0 fully saturated rings. The van der Waals surface area contributed by atoms with E-state index in [1.165, 1.54) is 35.3 Å². The van der Waals surface area contributed by atoms with Crippen molar-refractivity contribution in [1.29, 1.82) is 0 Å². The molecule has 13 heteroatoms. The van der Waals surface area contributed by atoms with Crippen molar-refractivity contribution < 1.29 is 26.3 Å². The number of tetrazole rings is 1. The Hall–Kier alpha value is -2.86. The van der Waals surface area contributed by atoms with E-state index < -0.39 is 22.8 Å². The largest absolute Gasteiger partial charge is 0.482 e. The van der Waals surface area contributed by atoms with E-state index in [4.69, 9.17) is 11.6 Å². The minimum Gasteiger partial charge on any atom is -0.482 e. The summed E-state index contributed by atoms with van der Waals surface area (Å²) in [5.41, 5.74) is 0.136. The Morgan fingerprint density at radius 2 is 1.96 bits per heavy atom. The zero-order valence-corrected chi connectivity index (χ0v) is 15.3. The van der Waals surface area contributed by atoms with Crippen LogP contribution in [0.2, 0.25) is 5.02 Å². The van der Waals surface area contributed by atoms with Crippen molar-refractivity contribution in [3.63, 3.8) is 0 Å². The Morgan fingerprint density at radius 3 is 2.64 bits per heavy atom. The summed E-state index contributed by atoms with van der Waals surface area (Å²) in [6, 6.07) is 9.20. The molecule has 3 rings (SSSR count). The molecule has 0 aliphatic rings. The maximum atomic E-state index is 12.7. The van der Waals surface area contributed by atoms with Crippen molar-refractivity contribution in [3.8, 4) is 11.4 Å². The molecule has 3 aromatic rings. The second-order valence-corrected chi connectivity index (χ2v) is 7.52. The zero-order chi connectivity index (χ0) is 20.4. The number of alkyl halides is 3. The third-order valence-electron chi connectivity index (χ3n) is 3.32. The first-order chi connectivity index (χ1) is 13.1. The quantitative estimate of drug-likeness (QED) is 0.641. The van der Waals surface area contributed by atoms with Crippen LogP contribution in [-0.2, 0) is 10.0 Å². The van der Waals surface area contributed by atoms with Crippen LogP contribution in [0.3, 0.4) is 0 Å². The highest BCUT2D eigenvalue weighted by molar-refractivity contribution is 7.92. The number of hydrogen-bond donors (Lipinski definition) is 1. The fourth-order valence-electron chi connectivity index (χ4n) is 2.14. The number of nitrogens with zero attached hydrogens (tertiary/aromatic N) is 4. The first kappa shape index (κ1) is 19.9. The average Bonchev–Trinajstić information content (AvgIpc) is 3.15. The van der Waals surface area contributed by atoms with Crippen molar-refractivity contribution >= 4 is 27.3 Å². The number of benzene rings is 2. The first-order valence-electron chi connectivity index (χ1n) is 7.49. The molecule has 148 valence electrons. The van der Waals surface area contributed by atoms with Gasteiger partial charge in [-0.2, -0.15) is 13.2 Å². The minimum atomic E-state index is -4.59. The third kappa shape index (κ3) is 4.89. The molecule has 2 aromatic carbocycles. The molecule has 0 spiro atoms. The molecule has 28 heavy (non-hydrogen) atoms. The molecule has 1 aromatic heterocycles. The summed E-state index contributed by atoms with van der Waals surface area (Å²) in [5.74, 6) is -0.318. The number of rotatable bonds is 6. The third-order valence-corrected chi connectivity index (χ3v) is 4.92. The van der Waals surface area contributed by atoms with Gasteiger partial charge in [0.2, 0.25) is 0 Å². The smallest absolute Gasteiger partial charge is 0.422 e. The number of halogens is 4. The van der Waals surface area contributed by atoms with Crippen LogP contribution < -0.4 is 9.46 Å². The molecule has 0 amide bonds. The first-order valence-corrected chi connectivity index (χ1v) is 9.35. The lowest BCUT2D eigenvalue weighted by atomic mass is 10.3. The number of anilines is 1. The highest BCUT2D eigenvalue weighted by Gasteiger charge is 2.29. The summed E-state index contributed by atoms with van der Waals surface area (Å²) >= 11 is 5.84. The molecule has 0 aliphatic carbocycles. The predicted octanol–water partition coefficient (Wildman–Crippen LogP) is 3.06. The Balaban J connectivity index is 1.90. The molecule has 0 atom stereocenters.